The van der Waals surface area contributed by atoms with Crippen molar-refractivity contribution in [3.8, 4) is 5.82 Å². The Morgan fingerprint density at radius 1 is 1.37 bits per heavy atom. The number of hydrogen-bond acceptors (Lipinski definition) is 5. The largest absolute Gasteiger partial charge is 0.266 e. The molecule has 9 heteroatoms. The zero-order valence-electron chi connectivity index (χ0n) is 9.92. The summed E-state index contributed by atoms with van der Waals surface area (Å²) in [4.78, 5) is 7.74. The van der Waals surface area contributed by atoms with Gasteiger partial charge in [-0.15, -0.1) is 0 Å². The normalized spacial score (nSPS) is 11.7. The lowest BCUT2D eigenvalue weighted by Crippen LogP contribution is -2.00. The van der Waals surface area contributed by atoms with Gasteiger partial charge in [-0.25, -0.2) is 18.1 Å². The van der Waals surface area contributed by atoms with E-state index in [9.17, 15) is 8.42 Å². The van der Waals surface area contributed by atoms with Crippen LogP contribution in [0.15, 0.2) is 23.5 Å². The number of aryl methyl sites for hydroxylation is 1. The second-order valence-electron chi connectivity index (χ2n) is 3.73. The molecular weight excluding hydrogens is 311 g/mol. The van der Waals surface area contributed by atoms with Crippen LogP contribution in [0.4, 0.5) is 0 Å². The molecule has 0 amide bonds. The smallest absolute Gasteiger partial charge is 0.259 e. The number of aromatic nitrogens is 4. The van der Waals surface area contributed by atoms with E-state index >= 15 is 0 Å². The predicted molar refractivity (Wildman–Crippen MR) is 71.2 cm³/mol. The fourth-order valence-corrected chi connectivity index (χ4v) is 3.47. The molecule has 0 fully saturated rings. The molecule has 2 rings (SSSR count). The minimum absolute atomic E-state index is 0.0843. The van der Waals surface area contributed by atoms with E-state index in [1.165, 1.54) is 23.3 Å². The van der Waals surface area contributed by atoms with Crippen LogP contribution in [0.3, 0.4) is 0 Å². The van der Waals surface area contributed by atoms with Crippen molar-refractivity contribution in [2.24, 2.45) is 0 Å². The van der Waals surface area contributed by atoms with Crippen molar-refractivity contribution in [3.63, 3.8) is 0 Å². The van der Waals surface area contributed by atoms with Gasteiger partial charge in [0.1, 0.15) is 4.90 Å². The molecule has 2 aromatic rings. The van der Waals surface area contributed by atoms with Crippen molar-refractivity contribution in [1.29, 1.82) is 0 Å². The number of nitrogens with zero attached hydrogens (tertiary/aromatic N) is 4. The summed E-state index contributed by atoms with van der Waals surface area (Å²) in [6.45, 7) is 1.90. The number of hydrogen-bond donors (Lipinski definition) is 0. The van der Waals surface area contributed by atoms with Crippen LogP contribution in [0.25, 0.3) is 5.82 Å². The molecular formula is C10H10Cl2N4O2S. The topological polar surface area (TPSA) is 77.7 Å². The molecule has 0 unspecified atom stereocenters. The Morgan fingerprint density at radius 3 is 2.63 bits per heavy atom. The van der Waals surface area contributed by atoms with Crippen molar-refractivity contribution in [2.45, 2.75) is 24.7 Å². The van der Waals surface area contributed by atoms with E-state index in [4.69, 9.17) is 22.3 Å². The molecule has 2 heterocycles. The van der Waals surface area contributed by atoms with Gasteiger partial charge in [0.05, 0.1) is 11.9 Å². The summed E-state index contributed by atoms with van der Waals surface area (Å²) in [6, 6.07) is 0. The highest BCUT2D eigenvalue weighted by atomic mass is 35.7. The van der Waals surface area contributed by atoms with Gasteiger partial charge in [0.25, 0.3) is 9.05 Å². The van der Waals surface area contributed by atoms with E-state index in [2.05, 4.69) is 15.1 Å². The minimum atomic E-state index is -3.96. The lowest BCUT2D eigenvalue weighted by molar-refractivity contribution is 0.608. The fraction of sp³-hybridized carbons (Fsp3) is 0.300. The zero-order valence-corrected chi connectivity index (χ0v) is 12.2. The Bertz CT molecular complexity index is 685. The van der Waals surface area contributed by atoms with Crippen LogP contribution in [0.1, 0.15) is 19.0 Å². The Kier molecular flexibility index (Phi) is 4.07. The maximum atomic E-state index is 11.6. The van der Waals surface area contributed by atoms with Crippen LogP contribution < -0.4 is 0 Å². The molecule has 19 heavy (non-hydrogen) atoms. The van der Waals surface area contributed by atoms with Crippen LogP contribution in [-0.2, 0) is 15.5 Å². The first kappa shape index (κ1) is 14.2. The molecule has 0 bridgehead atoms. The van der Waals surface area contributed by atoms with Crippen LogP contribution in [0.2, 0.25) is 5.15 Å². The summed E-state index contributed by atoms with van der Waals surface area (Å²) in [5.74, 6) is 0.330. The summed E-state index contributed by atoms with van der Waals surface area (Å²) in [7, 11) is 1.44. The molecule has 0 aromatic carbocycles. The van der Waals surface area contributed by atoms with E-state index < -0.39 is 9.05 Å². The van der Waals surface area contributed by atoms with Crippen molar-refractivity contribution >= 4 is 31.3 Å². The molecule has 0 aliphatic rings. The first-order valence-electron chi connectivity index (χ1n) is 5.43. The zero-order chi connectivity index (χ0) is 14.0. The first-order chi connectivity index (χ1) is 8.95. The van der Waals surface area contributed by atoms with Gasteiger partial charge >= 0.3 is 0 Å². The van der Waals surface area contributed by atoms with Crippen LogP contribution in [-0.4, -0.2) is 28.2 Å². The van der Waals surface area contributed by atoms with E-state index in [0.29, 0.717) is 24.4 Å². The van der Waals surface area contributed by atoms with Crippen LogP contribution in [0.5, 0.6) is 0 Å². The fourth-order valence-electron chi connectivity index (χ4n) is 1.62. The highest BCUT2D eigenvalue weighted by Crippen LogP contribution is 2.30. The monoisotopic (exact) mass is 320 g/mol. The Labute approximate surface area is 119 Å². The summed E-state index contributed by atoms with van der Waals surface area (Å²) in [6.07, 6.45) is 5.55. The summed E-state index contributed by atoms with van der Waals surface area (Å²) < 4.78 is 24.4. The minimum Gasteiger partial charge on any atom is -0.259 e. The van der Waals surface area contributed by atoms with E-state index in [0.717, 1.165) is 0 Å². The van der Waals surface area contributed by atoms with Gasteiger partial charge in [-0.3, -0.25) is 4.98 Å². The third kappa shape index (κ3) is 2.88. The number of rotatable bonds is 4. The van der Waals surface area contributed by atoms with Gasteiger partial charge in [0.2, 0.25) is 0 Å². The van der Waals surface area contributed by atoms with E-state index in [-0.39, 0.29) is 10.0 Å². The van der Waals surface area contributed by atoms with Crippen LogP contribution in [0, 0.1) is 0 Å². The molecule has 0 atom stereocenters. The second-order valence-corrected chi connectivity index (χ2v) is 6.59. The molecule has 0 saturated carbocycles. The average molecular weight is 321 g/mol. The third-order valence-electron chi connectivity index (χ3n) is 2.35. The Hall–Kier alpha value is -1.18. The molecule has 2 aromatic heterocycles. The first-order valence-corrected chi connectivity index (χ1v) is 8.12. The quantitative estimate of drug-likeness (QED) is 0.807. The molecule has 0 aliphatic heterocycles. The van der Waals surface area contributed by atoms with Crippen molar-refractivity contribution < 1.29 is 8.42 Å². The lowest BCUT2D eigenvalue weighted by Gasteiger charge is -2.00. The Balaban J connectivity index is 2.66. The maximum Gasteiger partial charge on any atom is 0.266 e. The van der Waals surface area contributed by atoms with E-state index in [1.54, 1.807) is 0 Å². The molecule has 0 spiro atoms. The standard InChI is InChI=1S/C10H10Cl2N4O2S/c1-2-3-7-9(19(12,17)18)10(11)16(15-7)8-6-13-4-5-14-8/h4-6H,2-3H2,1H3. The highest BCUT2D eigenvalue weighted by molar-refractivity contribution is 8.13. The van der Waals surface area contributed by atoms with Crippen molar-refractivity contribution in [2.75, 3.05) is 0 Å². The average Bonchev–Trinajstić information content (AvgIpc) is 2.67. The van der Waals surface area contributed by atoms with Crippen molar-refractivity contribution in [1.82, 2.24) is 19.7 Å². The molecule has 102 valence electrons. The Morgan fingerprint density at radius 2 is 2.11 bits per heavy atom. The summed E-state index contributed by atoms with van der Waals surface area (Å²) in [5.41, 5.74) is 0.327. The number of halogens is 2. The molecule has 0 radical (unpaired) electrons. The molecule has 6 nitrogen and oxygen atoms in total. The summed E-state index contributed by atoms with van der Waals surface area (Å²) in [5, 5.41) is 4.07. The third-order valence-corrected chi connectivity index (χ3v) is 4.19. The summed E-state index contributed by atoms with van der Waals surface area (Å²) >= 11 is 6.05. The van der Waals surface area contributed by atoms with Gasteiger partial charge in [0, 0.05) is 23.1 Å². The maximum absolute atomic E-state index is 11.6. The van der Waals surface area contributed by atoms with Crippen molar-refractivity contribution in [3.05, 3.63) is 29.4 Å². The van der Waals surface area contributed by atoms with Gasteiger partial charge in [-0.05, 0) is 6.42 Å². The SMILES string of the molecule is CCCc1nn(-c2cnccn2)c(Cl)c1S(=O)(=O)Cl. The van der Waals surface area contributed by atoms with Gasteiger partial charge in [0.15, 0.2) is 11.0 Å². The van der Waals surface area contributed by atoms with Gasteiger partial charge < -0.3 is 0 Å². The molecule has 0 N–H and O–H groups in total. The van der Waals surface area contributed by atoms with Gasteiger partial charge in [-0.1, -0.05) is 24.9 Å². The van der Waals surface area contributed by atoms with E-state index in [1.807, 2.05) is 6.92 Å². The predicted octanol–water partition coefficient (Wildman–Crippen LogP) is 2.20. The molecule has 0 saturated heterocycles. The lowest BCUT2D eigenvalue weighted by atomic mass is 10.2. The molecule has 0 aliphatic carbocycles. The highest BCUT2D eigenvalue weighted by Gasteiger charge is 2.26. The van der Waals surface area contributed by atoms with Gasteiger partial charge in [-0.2, -0.15) is 5.10 Å². The second kappa shape index (κ2) is 5.44. The van der Waals surface area contributed by atoms with Crippen LogP contribution >= 0.6 is 22.3 Å².